The molecule has 0 saturated carbocycles. The van der Waals surface area contributed by atoms with E-state index in [-0.39, 0.29) is 22.6 Å². The zero-order valence-electron chi connectivity index (χ0n) is 8.44. The van der Waals surface area contributed by atoms with E-state index in [1.54, 1.807) is 12.1 Å². The van der Waals surface area contributed by atoms with Crippen molar-refractivity contribution in [2.45, 2.75) is 6.92 Å². The van der Waals surface area contributed by atoms with Gasteiger partial charge in [0.2, 0.25) is 5.43 Å². The molecule has 0 spiro atoms. The predicted octanol–water partition coefficient (Wildman–Crippen LogP) is 0.997. The summed E-state index contributed by atoms with van der Waals surface area (Å²) < 4.78 is 0. The van der Waals surface area contributed by atoms with Gasteiger partial charge in [-0.15, -0.1) is 0 Å². The van der Waals surface area contributed by atoms with Crippen molar-refractivity contribution in [2.24, 2.45) is 0 Å². The number of ketones is 1. The molecule has 0 aliphatic rings. The number of aromatic nitrogens is 2. The number of carbonyl (C=O) groups is 1. The summed E-state index contributed by atoms with van der Waals surface area (Å²) in [5.74, 6) is -0.219. The van der Waals surface area contributed by atoms with E-state index < -0.39 is 5.43 Å². The standard InChI is InChI=1S/C11H7N3O2/c1-6(15)8-2-3-9-10(14-8)11(16)7(4-12)5-13-9/h2-3,5H,1H3,(H,13,16). The summed E-state index contributed by atoms with van der Waals surface area (Å²) in [6.45, 7) is 1.37. The van der Waals surface area contributed by atoms with E-state index in [0.717, 1.165) is 0 Å². The van der Waals surface area contributed by atoms with Crippen LogP contribution in [0.2, 0.25) is 0 Å². The van der Waals surface area contributed by atoms with E-state index in [1.807, 2.05) is 0 Å². The van der Waals surface area contributed by atoms with Gasteiger partial charge in [0.05, 0.1) is 5.52 Å². The fourth-order valence-corrected chi connectivity index (χ4v) is 1.37. The molecule has 1 N–H and O–H groups in total. The summed E-state index contributed by atoms with van der Waals surface area (Å²) in [5.41, 5.74) is 0.369. The Hall–Kier alpha value is -2.48. The van der Waals surface area contributed by atoms with Gasteiger partial charge in [-0.1, -0.05) is 0 Å². The van der Waals surface area contributed by atoms with Crippen molar-refractivity contribution in [1.29, 1.82) is 5.26 Å². The molecule has 0 fully saturated rings. The van der Waals surface area contributed by atoms with Gasteiger partial charge >= 0.3 is 0 Å². The van der Waals surface area contributed by atoms with Gasteiger partial charge in [0.25, 0.3) is 0 Å². The third-order valence-corrected chi connectivity index (χ3v) is 2.21. The molecule has 0 aliphatic heterocycles. The summed E-state index contributed by atoms with van der Waals surface area (Å²) in [5, 5.41) is 8.69. The highest BCUT2D eigenvalue weighted by molar-refractivity contribution is 5.94. The van der Waals surface area contributed by atoms with Gasteiger partial charge < -0.3 is 4.98 Å². The molecule has 0 aliphatic carbocycles. The maximum absolute atomic E-state index is 11.7. The summed E-state index contributed by atoms with van der Waals surface area (Å²) in [4.78, 5) is 29.6. The minimum absolute atomic E-state index is 0.0132. The molecule has 16 heavy (non-hydrogen) atoms. The number of hydrogen-bond acceptors (Lipinski definition) is 4. The molecule has 2 aromatic heterocycles. The lowest BCUT2D eigenvalue weighted by Gasteiger charge is -1.99. The Labute approximate surface area is 90.4 Å². The van der Waals surface area contributed by atoms with Crippen molar-refractivity contribution < 1.29 is 4.79 Å². The van der Waals surface area contributed by atoms with Crippen molar-refractivity contribution in [3.05, 3.63) is 39.8 Å². The van der Waals surface area contributed by atoms with Crippen LogP contribution in [0.5, 0.6) is 0 Å². The maximum Gasteiger partial charge on any atom is 0.225 e. The molecule has 0 radical (unpaired) electrons. The molecule has 78 valence electrons. The Morgan fingerprint density at radius 2 is 2.25 bits per heavy atom. The summed E-state index contributed by atoms with van der Waals surface area (Å²) in [7, 11) is 0. The van der Waals surface area contributed by atoms with Crippen LogP contribution >= 0.6 is 0 Å². The van der Waals surface area contributed by atoms with E-state index in [4.69, 9.17) is 5.26 Å². The largest absolute Gasteiger partial charge is 0.358 e. The molecular weight excluding hydrogens is 206 g/mol. The first kappa shape index (κ1) is 10.1. The molecule has 0 unspecified atom stereocenters. The number of carbonyl (C=O) groups excluding carboxylic acids is 1. The average molecular weight is 213 g/mol. The van der Waals surface area contributed by atoms with Crippen molar-refractivity contribution in [2.75, 3.05) is 0 Å². The number of nitrogens with zero attached hydrogens (tertiary/aromatic N) is 2. The lowest BCUT2D eigenvalue weighted by molar-refractivity contribution is 0.101. The number of H-pyrrole nitrogens is 1. The quantitative estimate of drug-likeness (QED) is 0.716. The third-order valence-electron chi connectivity index (χ3n) is 2.21. The summed E-state index contributed by atoms with van der Waals surface area (Å²) in [6, 6.07) is 4.90. The lowest BCUT2D eigenvalue weighted by atomic mass is 10.2. The van der Waals surface area contributed by atoms with Crippen LogP contribution in [0.1, 0.15) is 23.0 Å². The van der Waals surface area contributed by atoms with Crippen LogP contribution in [0.3, 0.4) is 0 Å². The average Bonchev–Trinajstić information content (AvgIpc) is 2.29. The van der Waals surface area contributed by atoms with E-state index in [2.05, 4.69) is 9.97 Å². The second kappa shape index (κ2) is 3.59. The number of nitriles is 1. The first-order chi connectivity index (χ1) is 7.63. The number of nitrogens with one attached hydrogen (secondary N) is 1. The second-order valence-electron chi connectivity index (χ2n) is 3.29. The molecule has 0 amide bonds. The third kappa shape index (κ3) is 1.46. The number of rotatable bonds is 1. The zero-order valence-corrected chi connectivity index (χ0v) is 8.44. The molecular formula is C11H7N3O2. The SMILES string of the molecule is CC(=O)c1ccc2[nH]cc(C#N)c(=O)c2n1. The van der Waals surface area contributed by atoms with Crippen molar-refractivity contribution >= 4 is 16.8 Å². The molecule has 5 heteroatoms. The smallest absolute Gasteiger partial charge is 0.225 e. The fraction of sp³-hybridized carbons (Fsp3) is 0.0909. The molecule has 2 aromatic rings. The summed E-state index contributed by atoms with van der Waals surface area (Å²) >= 11 is 0. The Kier molecular flexibility index (Phi) is 2.25. The molecule has 2 heterocycles. The summed E-state index contributed by atoms with van der Waals surface area (Å²) in [6.07, 6.45) is 1.33. The monoisotopic (exact) mass is 213 g/mol. The van der Waals surface area contributed by atoms with E-state index in [9.17, 15) is 9.59 Å². The maximum atomic E-state index is 11.7. The Morgan fingerprint density at radius 3 is 2.88 bits per heavy atom. The van der Waals surface area contributed by atoms with Gasteiger partial charge in [-0.3, -0.25) is 9.59 Å². The van der Waals surface area contributed by atoms with Gasteiger partial charge in [0.1, 0.15) is 22.8 Å². The first-order valence-corrected chi connectivity index (χ1v) is 4.57. The number of fused-ring (bicyclic) bond motifs is 1. The van der Waals surface area contributed by atoms with Crippen LogP contribution in [0.4, 0.5) is 0 Å². The Morgan fingerprint density at radius 1 is 1.50 bits per heavy atom. The Balaban J connectivity index is 2.86. The van der Waals surface area contributed by atoms with Gasteiger partial charge in [-0.25, -0.2) is 4.98 Å². The molecule has 0 atom stereocenters. The minimum atomic E-state index is -0.459. The molecule has 0 saturated heterocycles. The highest BCUT2D eigenvalue weighted by atomic mass is 16.1. The van der Waals surface area contributed by atoms with Crippen LogP contribution in [-0.2, 0) is 0 Å². The number of Topliss-reactive ketones (excluding diaryl/α,β-unsaturated/α-hetero) is 1. The van der Waals surface area contributed by atoms with Crippen LogP contribution in [-0.4, -0.2) is 15.8 Å². The van der Waals surface area contributed by atoms with Crippen molar-refractivity contribution in [3.8, 4) is 6.07 Å². The Bertz CT molecular complexity index is 680. The molecule has 2 rings (SSSR count). The van der Waals surface area contributed by atoms with Crippen molar-refractivity contribution in [1.82, 2.24) is 9.97 Å². The molecule has 0 bridgehead atoms. The van der Waals surface area contributed by atoms with E-state index in [0.29, 0.717) is 5.52 Å². The minimum Gasteiger partial charge on any atom is -0.358 e. The molecule has 5 nitrogen and oxygen atoms in total. The van der Waals surface area contributed by atoms with Crippen LogP contribution in [0, 0.1) is 11.3 Å². The highest BCUT2D eigenvalue weighted by Gasteiger charge is 2.08. The van der Waals surface area contributed by atoms with E-state index in [1.165, 1.54) is 19.2 Å². The van der Waals surface area contributed by atoms with E-state index >= 15 is 0 Å². The first-order valence-electron chi connectivity index (χ1n) is 4.57. The number of hydrogen-bond donors (Lipinski definition) is 1. The van der Waals surface area contributed by atoms with Gasteiger partial charge in [-0.05, 0) is 12.1 Å². The van der Waals surface area contributed by atoms with Gasteiger partial charge in [0.15, 0.2) is 5.78 Å². The lowest BCUT2D eigenvalue weighted by Crippen LogP contribution is -2.10. The zero-order chi connectivity index (χ0) is 11.7. The van der Waals surface area contributed by atoms with Crippen molar-refractivity contribution in [3.63, 3.8) is 0 Å². The normalized spacial score (nSPS) is 10.0. The van der Waals surface area contributed by atoms with Gasteiger partial charge in [-0.2, -0.15) is 5.26 Å². The second-order valence-corrected chi connectivity index (χ2v) is 3.29. The van der Waals surface area contributed by atoms with Crippen LogP contribution in [0.15, 0.2) is 23.1 Å². The van der Waals surface area contributed by atoms with Crippen LogP contribution < -0.4 is 5.43 Å². The predicted molar refractivity (Wildman–Crippen MR) is 57.1 cm³/mol. The number of pyridine rings is 2. The number of aromatic amines is 1. The highest BCUT2D eigenvalue weighted by Crippen LogP contribution is 2.07. The van der Waals surface area contributed by atoms with Gasteiger partial charge in [0, 0.05) is 13.1 Å². The molecule has 0 aromatic carbocycles. The van der Waals surface area contributed by atoms with Crippen LogP contribution in [0.25, 0.3) is 11.0 Å². The fourth-order valence-electron chi connectivity index (χ4n) is 1.37. The topological polar surface area (TPSA) is 86.6 Å².